The zero-order valence-corrected chi connectivity index (χ0v) is 13.3. The minimum atomic E-state index is -3.32. The van der Waals surface area contributed by atoms with Gasteiger partial charge in [0.1, 0.15) is 10.7 Å². The van der Waals surface area contributed by atoms with Crippen LogP contribution < -0.4 is 5.32 Å². The van der Waals surface area contributed by atoms with E-state index in [-0.39, 0.29) is 4.90 Å². The first-order valence-corrected chi connectivity index (χ1v) is 9.00. The molecule has 1 aromatic heterocycles. The van der Waals surface area contributed by atoms with Crippen LogP contribution in [-0.4, -0.2) is 25.5 Å². The second-order valence-electron chi connectivity index (χ2n) is 4.74. The molecule has 1 heterocycles. The highest BCUT2D eigenvalue weighted by Gasteiger charge is 2.14. The van der Waals surface area contributed by atoms with Gasteiger partial charge in [-0.2, -0.15) is 0 Å². The third-order valence-corrected chi connectivity index (χ3v) is 4.35. The van der Waals surface area contributed by atoms with Gasteiger partial charge in [-0.25, -0.2) is 13.4 Å². The molecular formula is C15H17ClN2O2S. The van der Waals surface area contributed by atoms with E-state index in [0.29, 0.717) is 11.7 Å². The van der Waals surface area contributed by atoms with Crippen LogP contribution in [0.5, 0.6) is 0 Å². The predicted octanol–water partition coefficient (Wildman–Crippen LogP) is 3.40. The van der Waals surface area contributed by atoms with Gasteiger partial charge in [0, 0.05) is 24.0 Å². The van der Waals surface area contributed by atoms with Crippen LogP contribution >= 0.6 is 11.6 Å². The lowest BCUT2D eigenvalue weighted by Gasteiger charge is -2.10. The Morgan fingerprint density at radius 2 is 2.05 bits per heavy atom. The van der Waals surface area contributed by atoms with Crippen LogP contribution in [-0.2, 0) is 16.3 Å². The standard InChI is InChI=1S/C15H17ClN2O2S/c1-21(19,20)14-8-4-10-17-15(14)18-13-7-2-5-12(11-13)6-3-9-16/h2,4-5,7-8,10-11H,3,6,9H2,1H3,(H,17,18). The molecule has 4 nitrogen and oxygen atoms in total. The number of benzene rings is 1. The second kappa shape index (κ2) is 6.91. The van der Waals surface area contributed by atoms with Gasteiger partial charge >= 0.3 is 0 Å². The number of nitrogens with one attached hydrogen (secondary N) is 1. The molecule has 0 fully saturated rings. The summed E-state index contributed by atoms with van der Waals surface area (Å²) in [7, 11) is -3.32. The van der Waals surface area contributed by atoms with Crippen molar-refractivity contribution < 1.29 is 8.42 Å². The Balaban J connectivity index is 2.27. The molecule has 6 heteroatoms. The van der Waals surface area contributed by atoms with E-state index < -0.39 is 9.84 Å². The van der Waals surface area contributed by atoms with Gasteiger partial charge in [-0.1, -0.05) is 12.1 Å². The number of nitrogens with zero attached hydrogens (tertiary/aromatic N) is 1. The Kier molecular flexibility index (Phi) is 5.20. The number of halogens is 1. The van der Waals surface area contributed by atoms with Crippen LogP contribution in [0.25, 0.3) is 0 Å². The molecule has 21 heavy (non-hydrogen) atoms. The molecule has 0 atom stereocenters. The summed E-state index contributed by atoms with van der Waals surface area (Å²) < 4.78 is 23.5. The summed E-state index contributed by atoms with van der Waals surface area (Å²) in [6, 6.07) is 11.0. The molecule has 112 valence electrons. The Hall–Kier alpha value is -1.59. The maximum atomic E-state index is 11.8. The summed E-state index contributed by atoms with van der Waals surface area (Å²) in [4.78, 5) is 4.31. The average molecular weight is 325 g/mol. The molecule has 2 aromatic rings. The zero-order valence-electron chi connectivity index (χ0n) is 11.7. The van der Waals surface area contributed by atoms with E-state index in [1.807, 2.05) is 24.3 Å². The Morgan fingerprint density at radius 1 is 1.24 bits per heavy atom. The summed E-state index contributed by atoms with van der Waals surface area (Å²) >= 11 is 5.70. The van der Waals surface area contributed by atoms with Gasteiger partial charge in [-0.15, -0.1) is 11.6 Å². The average Bonchev–Trinajstić information content (AvgIpc) is 2.45. The lowest BCUT2D eigenvalue weighted by Crippen LogP contribution is -2.04. The molecule has 0 aliphatic heterocycles. The van der Waals surface area contributed by atoms with Crippen molar-refractivity contribution in [1.82, 2.24) is 4.98 Å². The normalized spacial score (nSPS) is 11.3. The van der Waals surface area contributed by atoms with Crippen LogP contribution in [0, 0.1) is 0 Å². The van der Waals surface area contributed by atoms with E-state index in [2.05, 4.69) is 10.3 Å². The molecular weight excluding hydrogens is 308 g/mol. The van der Waals surface area contributed by atoms with E-state index in [1.165, 1.54) is 6.26 Å². The van der Waals surface area contributed by atoms with E-state index in [9.17, 15) is 8.42 Å². The van der Waals surface area contributed by atoms with Gasteiger partial charge in [-0.3, -0.25) is 0 Å². The van der Waals surface area contributed by atoms with Crippen molar-refractivity contribution in [3.8, 4) is 0 Å². The molecule has 0 bridgehead atoms. The third kappa shape index (κ3) is 4.44. The number of hydrogen-bond acceptors (Lipinski definition) is 4. The number of sulfone groups is 1. The molecule has 0 unspecified atom stereocenters. The van der Waals surface area contributed by atoms with E-state index >= 15 is 0 Å². The van der Waals surface area contributed by atoms with Crippen LogP contribution in [0.15, 0.2) is 47.5 Å². The smallest absolute Gasteiger partial charge is 0.179 e. The van der Waals surface area contributed by atoms with Crippen LogP contribution in [0.1, 0.15) is 12.0 Å². The van der Waals surface area contributed by atoms with Crippen LogP contribution in [0.2, 0.25) is 0 Å². The van der Waals surface area contributed by atoms with Crippen molar-refractivity contribution in [2.45, 2.75) is 17.7 Å². The predicted molar refractivity (Wildman–Crippen MR) is 86.1 cm³/mol. The number of rotatable bonds is 6. The van der Waals surface area contributed by atoms with Gasteiger partial charge in [0.05, 0.1) is 0 Å². The Labute approximate surface area is 130 Å². The summed E-state index contributed by atoms with van der Waals surface area (Å²) in [5, 5.41) is 3.07. The largest absolute Gasteiger partial charge is 0.339 e. The van der Waals surface area contributed by atoms with E-state index in [0.717, 1.165) is 24.1 Å². The lowest BCUT2D eigenvalue weighted by molar-refractivity contribution is 0.602. The minimum absolute atomic E-state index is 0.191. The fraction of sp³-hybridized carbons (Fsp3) is 0.267. The van der Waals surface area contributed by atoms with Gasteiger partial charge in [0.25, 0.3) is 0 Å². The minimum Gasteiger partial charge on any atom is -0.339 e. The highest BCUT2D eigenvalue weighted by atomic mass is 35.5. The summed E-state index contributed by atoms with van der Waals surface area (Å²) in [5.41, 5.74) is 1.96. The number of aryl methyl sites for hydroxylation is 1. The number of pyridine rings is 1. The summed E-state index contributed by atoms with van der Waals surface area (Å²) in [6.45, 7) is 0. The maximum absolute atomic E-state index is 11.8. The van der Waals surface area contributed by atoms with Crippen molar-refractivity contribution in [2.24, 2.45) is 0 Å². The molecule has 1 aromatic carbocycles. The van der Waals surface area contributed by atoms with Gasteiger partial charge in [0.15, 0.2) is 9.84 Å². The zero-order chi connectivity index (χ0) is 15.3. The van der Waals surface area contributed by atoms with Crippen molar-refractivity contribution in [3.05, 3.63) is 48.2 Å². The van der Waals surface area contributed by atoms with Crippen molar-refractivity contribution >= 4 is 32.9 Å². The first kappa shape index (κ1) is 15.8. The number of aromatic nitrogens is 1. The number of anilines is 2. The monoisotopic (exact) mass is 324 g/mol. The molecule has 0 spiro atoms. The lowest BCUT2D eigenvalue weighted by atomic mass is 10.1. The number of alkyl halides is 1. The fourth-order valence-corrected chi connectivity index (χ4v) is 2.91. The molecule has 0 radical (unpaired) electrons. The first-order chi connectivity index (χ1) is 10.0. The third-order valence-electron chi connectivity index (χ3n) is 2.96. The summed E-state index contributed by atoms with van der Waals surface area (Å²) in [6.07, 6.45) is 4.53. The molecule has 0 aliphatic carbocycles. The molecule has 1 N–H and O–H groups in total. The Bertz CT molecular complexity index is 717. The fourth-order valence-electron chi connectivity index (χ4n) is 2.00. The Morgan fingerprint density at radius 3 is 2.76 bits per heavy atom. The highest BCUT2D eigenvalue weighted by Crippen LogP contribution is 2.23. The van der Waals surface area contributed by atoms with Crippen molar-refractivity contribution in [1.29, 1.82) is 0 Å². The molecule has 0 saturated heterocycles. The first-order valence-electron chi connectivity index (χ1n) is 6.58. The van der Waals surface area contributed by atoms with Crippen LogP contribution in [0.3, 0.4) is 0 Å². The van der Waals surface area contributed by atoms with Gasteiger partial charge in [-0.05, 0) is 42.7 Å². The topological polar surface area (TPSA) is 59.1 Å². The van der Waals surface area contributed by atoms with Crippen LogP contribution in [0.4, 0.5) is 11.5 Å². The molecule has 0 amide bonds. The quantitative estimate of drug-likeness (QED) is 0.827. The van der Waals surface area contributed by atoms with Crippen molar-refractivity contribution in [2.75, 3.05) is 17.5 Å². The molecule has 0 aliphatic rings. The molecule has 0 saturated carbocycles. The molecule has 2 rings (SSSR count). The second-order valence-corrected chi connectivity index (χ2v) is 7.10. The van der Waals surface area contributed by atoms with E-state index in [1.54, 1.807) is 18.3 Å². The van der Waals surface area contributed by atoms with Crippen molar-refractivity contribution in [3.63, 3.8) is 0 Å². The van der Waals surface area contributed by atoms with Gasteiger partial charge < -0.3 is 5.32 Å². The van der Waals surface area contributed by atoms with Gasteiger partial charge in [0.2, 0.25) is 0 Å². The SMILES string of the molecule is CS(=O)(=O)c1cccnc1Nc1cccc(CCCCl)c1. The highest BCUT2D eigenvalue weighted by molar-refractivity contribution is 7.90. The summed E-state index contributed by atoms with van der Waals surface area (Å²) in [5.74, 6) is 0.963. The maximum Gasteiger partial charge on any atom is 0.179 e. The number of hydrogen-bond donors (Lipinski definition) is 1. The van der Waals surface area contributed by atoms with E-state index in [4.69, 9.17) is 11.6 Å².